The second kappa shape index (κ2) is 4.93. The highest BCUT2D eigenvalue weighted by Crippen LogP contribution is 2.44. The molecule has 22 heavy (non-hydrogen) atoms. The predicted octanol–water partition coefficient (Wildman–Crippen LogP) is 4.08. The van der Waals surface area contributed by atoms with Crippen LogP contribution in [0.5, 0.6) is 11.5 Å². The molecule has 0 spiro atoms. The van der Waals surface area contributed by atoms with Crippen molar-refractivity contribution >= 4 is 10.9 Å². The van der Waals surface area contributed by atoms with Gasteiger partial charge in [0, 0.05) is 23.8 Å². The summed E-state index contributed by atoms with van der Waals surface area (Å²) in [7, 11) is 1.63. The molecule has 1 aliphatic rings. The van der Waals surface area contributed by atoms with E-state index in [1.54, 1.807) is 13.3 Å². The Balaban J connectivity index is 2.08. The van der Waals surface area contributed by atoms with Gasteiger partial charge in [-0.2, -0.15) is 0 Å². The van der Waals surface area contributed by atoms with Crippen LogP contribution >= 0.6 is 0 Å². The molecule has 1 aliphatic heterocycles. The van der Waals surface area contributed by atoms with Gasteiger partial charge in [-0.3, -0.25) is 4.98 Å². The molecule has 5 heteroatoms. The van der Waals surface area contributed by atoms with Crippen LogP contribution in [0.4, 0.5) is 0 Å². The maximum Gasteiger partial charge on any atom is 0.244 e. The lowest BCUT2D eigenvalue weighted by Crippen LogP contribution is -2.36. The Hall–Kier alpha value is -2.17. The molecule has 0 bridgehead atoms. The number of pyridine rings is 1. The van der Waals surface area contributed by atoms with E-state index in [0.29, 0.717) is 18.6 Å². The zero-order chi connectivity index (χ0) is 16.0. The van der Waals surface area contributed by atoms with Crippen molar-refractivity contribution in [2.45, 2.75) is 39.3 Å². The van der Waals surface area contributed by atoms with E-state index in [1.807, 2.05) is 18.2 Å². The summed E-state index contributed by atoms with van der Waals surface area (Å²) in [6.07, 6.45) is 2.71. The summed E-state index contributed by atoms with van der Waals surface area (Å²) in [6, 6.07) is 5.72. The zero-order valence-corrected chi connectivity index (χ0v) is 13.3. The maximum atomic E-state index is 11.5. The van der Waals surface area contributed by atoms with Crippen molar-refractivity contribution in [3.05, 3.63) is 34.9 Å². The molecule has 0 saturated carbocycles. The van der Waals surface area contributed by atoms with Gasteiger partial charge in [-0.1, -0.05) is 20.8 Å². The molecular formula is C17H20N2O3. The normalized spacial score (nSPS) is 20.5. The zero-order valence-electron chi connectivity index (χ0n) is 13.3. The lowest BCUT2D eigenvalue weighted by Gasteiger charge is -2.28. The summed E-state index contributed by atoms with van der Waals surface area (Å²) in [5.74, 6) is 1.40. The van der Waals surface area contributed by atoms with E-state index in [4.69, 9.17) is 9.47 Å². The Morgan fingerprint density at radius 3 is 2.82 bits per heavy atom. The number of benzene rings is 1. The van der Waals surface area contributed by atoms with E-state index >= 15 is 0 Å². The van der Waals surface area contributed by atoms with Gasteiger partial charge < -0.3 is 9.47 Å². The Bertz CT molecular complexity index is 736. The fourth-order valence-electron chi connectivity index (χ4n) is 3.13. The topological polar surface area (TPSA) is 60.8 Å². The smallest absolute Gasteiger partial charge is 0.244 e. The first-order valence-corrected chi connectivity index (χ1v) is 7.35. The van der Waals surface area contributed by atoms with Crippen molar-refractivity contribution in [2.24, 2.45) is 10.6 Å². The number of methoxy groups -OCH3 is 1. The number of hydrogen-bond acceptors (Lipinski definition) is 5. The van der Waals surface area contributed by atoms with Crippen LogP contribution in [-0.4, -0.2) is 17.8 Å². The van der Waals surface area contributed by atoms with Crippen LogP contribution in [0.15, 0.2) is 29.6 Å². The van der Waals surface area contributed by atoms with Crippen LogP contribution in [0.1, 0.15) is 32.8 Å². The highest BCUT2D eigenvalue weighted by atomic mass is 16.5. The molecule has 3 rings (SSSR count). The minimum absolute atomic E-state index is 0.0587. The van der Waals surface area contributed by atoms with Gasteiger partial charge in [0.2, 0.25) is 5.72 Å². The highest BCUT2D eigenvalue weighted by Gasteiger charge is 2.45. The maximum absolute atomic E-state index is 11.5. The van der Waals surface area contributed by atoms with Gasteiger partial charge in [-0.05, 0) is 28.8 Å². The van der Waals surface area contributed by atoms with Gasteiger partial charge >= 0.3 is 0 Å². The molecule has 2 heterocycles. The Morgan fingerprint density at radius 1 is 1.41 bits per heavy atom. The fourth-order valence-corrected chi connectivity index (χ4v) is 3.13. The van der Waals surface area contributed by atoms with Crippen LogP contribution < -0.4 is 9.47 Å². The lowest BCUT2D eigenvalue weighted by molar-refractivity contribution is 0.0550. The molecule has 0 N–H and O–H groups in total. The standard InChI is InChI=1S/C17H20N2O3/c1-16(2,3)10-17(19-20)8-13-12-7-11(21-4)5-6-14(12)18-9-15(13)22-17/h5-7,9H,8,10H2,1-4H3. The van der Waals surface area contributed by atoms with Crippen LogP contribution in [0, 0.1) is 10.3 Å². The summed E-state index contributed by atoms with van der Waals surface area (Å²) >= 11 is 0. The fraction of sp³-hybridized carbons (Fsp3) is 0.471. The molecule has 1 atom stereocenters. The molecule has 0 aliphatic carbocycles. The van der Waals surface area contributed by atoms with E-state index in [1.165, 1.54) is 0 Å². The SMILES string of the molecule is COc1ccc2ncc3c(c2c1)CC(CC(C)(C)C)(N=O)O3. The first-order valence-electron chi connectivity index (χ1n) is 7.35. The van der Waals surface area contributed by atoms with E-state index in [0.717, 1.165) is 22.2 Å². The van der Waals surface area contributed by atoms with Crippen molar-refractivity contribution in [3.8, 4) is 11.5 Å². The molecule has 1 aromatic heterocycles. The Labute approximate surface area is 129 Å². The van der Waals surface area contributed by atoms with Crippen molar-refractivity contribution in [3.63, 3.8) is 0 Å². The van der Waals surface area contributed by atoms with Crippen LogP contribution in [0.25, 0.3) is 10.9 Å². The molecule has 1 unspecified atom stereocenters. The van der Waals surface area contributed by atoms with Crippen molar-refractivity contribution in [1.29, 1.82) is 0 Å². The van der Waals surface area contributed by atoms with Crippen molar-refractivity contribution < 1.29 is 9.47 Å². The summed E-state index contributed by atoms with van der Waals surface area (Å²) < 4.78 is 11.2. The van der Waals surface area contributed by atoms with Gasteiger partial charge in [-0.15, -0.1) is 4.91 Å². The number of nitroso groups, excluding NO2 is 1. The van der Waals surface area contributed by atoms with Crippen molar-refractivity contribution in [2.75, 3.05) is 7.11 Å². The molecule has 0 fully saturated rings. The molecular weight excluding hydrogens is 280 g/mol. The second-order valence-electron chi connectivity index (χ2n) is 7.04. The average Bonchev–Trinajstić information content (AvgIpc) is 2.83. The largest absolute Gasteiger partial charge is 0.497 e. The predicted molar refractivity (Wildman–Crippen MR) is 85.2 cm³/mol. The number of rotatable bonds is 3. The van der Waals surface area contributed by atoms with Gasteiger partial charge in [0.15, 0.2) is 0 Å². The van der Waals surface area contributed by atoms with Crippen LogP contribution in [0.3, 0.4) is 0 Å². The molecule has 0 amide bonds. The second-order valence-corrected chi connectivity index (χ2v) is 7.04. The monoisotopic (exact) mass is 300 g/mol. The highest BCUT2D eigenvalue weighted by molar-refractivity contribution is 5.86. The molecule has 1 aromatic carbocycles. The van der Waals surface area contributed by atoms with E-state index in [9.17, 15) is 4.91 Å². The minimum atomic E-state index is -1.04. The van der Waals surface area contributed by atoms with E-state index < -0.39 is 5.72 Å². The number of nitrogens with zero attached hydrogens (tertiary/aromatic N) is 2. The summed E-state index contributed by atoms with van der Waals surface area (Å²) in [6.45, 7) is 6.23. The molecule has 0 saturated heterocycles. The Kier molecular flexibility index (Phi) is 3.31. The minimum Gasteiger partial charge on any atom is -0.497 e. The molecule has 2 aromatic rings. The summed E-state index contributed by atoms with van der Waals surface area (Å²) in [4.78, 5) is 15.9. The van der Waals surface area contributed by atoms with Gasteiger partial charge in [0.1, 0.15) is 11.5 Å². The number of ether oxygens (including phenoxy) is 2. The summed E-state index contributed by atoms with van der Waals surface area (Å²) in [5.41, 5.74) is 0.740. The average molecular weight is 300 g/mol. The van der Waals surface area contributed by atoms with E-state index in [2.05, 4.69) is 30.9 Å². The quantitative estimate of drug-likeness (QED) is 0.801. The first kappa shape index (κ1) is 14.8. The number of fused-ring (bicyclic) bond motifs is 3. The summed E-state index contributed by atoms with van der Waals surface area (Å²) in [5, 5.41) is 4.29. The van der Waals surface area contributed by atoms with Crippen molar-refractivity contribution in [1.82, 2.24) is 4.98 Å². The van der Waals surface area contributed by atoms with Crippen LogP contribution in [-0.2, 0) is 6.42 Å². The molecule has 116 valence electrons. The van der Waals surface area contributed by atoms with Gasteiger partial charge in [0.05, 0.1) is 18.8 Å². The third kappa shape index (κ3) is 2.51. The third-order valence-corrected chi connectivity index (χ3v) is 3.87. The lowest BCUT2D eigenvalue weighted by atomic mass is 9.84. The first-order chi connectivity index (χ1) is 10.4. The number of aromatic nitrogens is 1. The van der Waals surface area contributed by atoms with E-state index in [-0.39, 0.29) is 5.41 Å². The van der Waals surface area contributed by atoms with Gasteiger partial charge in [0.25, 0.3) is 0 Å². The number of hydrogen-bond donors (Lipinski definition) is 0. The third-order valence-electron chi connectivity index (χ3n) is 3.87. The molecule has 5 nitrogen and oxygen atoms in total. The molecule has 0 radical (unpaired) electrons. The van der Waals surface area contributed by atoms with Gasteiger partial charge in [-0.25, -0.2) is 0 Å². The van der Waals surface area contributed by atoms with Crippen LogP contribution in [0.2, 0.25) is 0 Å². The Morgan fingerprint density at radius 2 is 2.18 bits per heavy atom.